The number of hydrogen-bond donors (Lipinski definition) is 1. The molecule has 0 aliphatic rings. The van der Waals surface area contributed by atoms with Crippen molar-refractivity contribution in [1.82, 2.24) is 9.78 Å². The van der Waals surface area contributed by atoms with Gasteiger partial charge in [-0.3, -0.25) is 4.68 Å². The maximum atomic E-state index is 8.99. The molecule has 2 rings (SSSR count). The van der Waals surface area contributed by atoms with Crippen LogP contribution in [0.1, 0.15) is 11.1 Å². The quantitative estimate of drug-likeness (QED) is 0.857. The van der Waals surface area contributed by atoms with E-state index in [1.54, 1.807) is 17.1 Å². The topological polar surface area (TPSA) is 47.3 Å². The largest absolute Gasteiger partial charge is 0.454 e. The Bertz CT molecular complexity index is 492. The van der Waals surface area contributed by atoms with E-state index in [1.165, 1.54) is 0 Å². The summed E-state index contributed by atoms with van der Waals surface area (Å²) in [4.78, 5) is 0. The van der Waals surface area contributed by atoms with Gasteiger partial charge in [0.1, 0.15) is 5.75 Å². The second-order valence-corrected chi connectivity index (χ2v) is 3.71. The molecule has 0 atom stereocenters. The third kappa shape index (κ3) is 2.23. The number of benzene rings is 1. The molecule has 16 heavy (non-hydrogen) atoms. The van der Waals surface area contributed by atoms with Gasteiger partial charge in [-0.15, -0.1) is 0 Å². The number of aliphatic hydroxyl groups excluding tert-OH is 1. The molecule has 1 heterocycles. The Labute approximate surface area is 94.1 Å². The number of ether oxygens (including phenoxy) is 1. The van der Waals surface area contributed by atoms with Gasteiger partial charge in [-0.25, -0.2) is 0 Å². The van der Waals surface area contributed by atoms with Gasteiger partial charge < -0.3 is 9.84 Å². The van der Waals surface area contributed by atoms with E-state index in [1.807, 2.05) is 32.2 Å². The maximum absolute atomic E-state index is 8.99. The van der Waals surface area contributed by atoms with E-state index in [4.69, 9.17) is 9.84 Å². The van der Waals surface area contributed by atoms with Crippen LogP contribution in [-0.4, -0.2) is 14.9 Å². The minimum Gasteiger partial charge on any atom is -0.454 e. The van der Waals surface area contributed by atoms with Gasteiger partial charge >= 0.3 is 0 Å². The molecule has 0 fully saturated rings. The van der Waals surface area contributed by atoms with Crippen LogP contribution in [-0.2, 0) is 13.7 Å². The predicted octanol–water partition coefficient (Wildman–Crippen LogP) is 2.01. The molecule has 0 unspecified atom stereocenters. The van der Waals surface area contributed by atoms with Crippen molar-refractivity contribution in [3.63, 3.8) is 0 Å². The van der Waals surface area contributed by atoms with E-state index in [-0.39, 0.29) is 6.61 Å². The Morgan fingerprint density at radius 1 is 1.44 bits per heavy atom. The standard InChI is InChI=1S/C12H14N2O2/c1-9-5-10(8-15)3-4-12(9)16-11-6-13-14(2)7-11/h3-7,15H,8H2,1-2H3. The van der Waals surface area contributed by atoms with Gasteiger partial charge in [-0.1, -0.05) is 12.1 Å². The van der Waals surface area contributed by atoms with E-state index in [2.05, 4.69) is 5.10 Å². The highest BCUT2D eigenvalue weighted by Gasteiger charge is 2.03. The fourth-order valence-corrected chi connectivity index (χ4v) is 1.50. The first kappa shape index (κ1) is 10.7. The molecule has 0 aliphatic carbocycles. The molecule has 0 amide bonds. The van der Waals surface area contributed by atoms with Crippen molar-refractivity contribution < 1.29 is 9.84 Å². The first-order valence-electron chi connectivity index (χ1n) is 5.06. The minimum absolute atomic E-state index is 0.0496. The van der Waals surface area contributed by atoms with Gasteiger partial charge in [0, 0.05) is 7.05 Å². The van der Waals surface area contributed by atoms with Crippen LogP contribution < -0.4 is 4.74 Å². The first-order valence-corrected chi connectivity index (χ1v) is 5.06. The van der Waals surface area contributed by atoms with Crippen LogP contribution >= 0.6 is 0 Å². The molecule has 0 saturated carbocycles. The molecule has 1 aromatic carbocycles. The molecule has 84 valence electrons. The second-order valence-electron chi connectivity index (χ2n) is 3.71. The Balaban J connectivity index is 2.21. The zero-order chi connectivity index (χ0) is 11.5. The normalized spacial score (nSPS) is 10.4. The summed E-state index contributed by atoms with van der Waals surface area (Å²) in [7, 11) is 1.84. The average Bonchev–Trinajstić information content (AvgIpc) is 2.67. The van der Waals surface area contributed by atoms with Gasteiger partial charge in [-0.2, -0.15) is 5.10 Å². The van der Waals surface area contributed by atoms with E-state index in [9.17, 15) is 0 Å². The van der Waals surface area contributed by atoms with Crippen molar-refractivity contribution in [3.8, 4) is 11.5 Å². The SMILES string of the molecule is Cc1cc(CO)ccc1Oc1cnn(C)c1. The number of aliphatic hydroxyl groups is 1. The average molecular weight is 218 g/mol. The third-order valence-corrected chi connectivity index (χ3v) is 2.33. The van der Waals surface area contributed by atoms with Crippen molar-refractivity contribution in [2.24, 2.45) is 7.05 Å². The molecule has 0 aliphatic heterocycles. The molecule has 4 heteroatoms. The Hall–Kier alpha value is -1.81. The van der Waals surface area contributed by atoms with Gasteiger partial charge in [-0.05, 0) is 24.1 Å². The lowest BCUT2D eigenvalue weighted by Crippen LogP contribution is -1.89. The van der Waals surface area contributed by atoms with Gasteiger partial charge in [0.05, 0.1) is 19.0 Å². The van der Waals surface area contributed by atoms with E-state index >= 15 is 0 Å². The fourth-order valence-electron chi connectivity index (χ4n) is 1.50. The van der Waals surface area contributed by atoms with Crippen LogP contribution in [0.3, 0.4) is 0 Å². The predicted molar refractivity (Wildman–Crippen MR) is 60.4 cm³/mol. The summed E-state index contributed by atoms with van der Waals surface area (Å²) >= 11 is 0. The first-order chi connectivity index (χ1) is 7.69. The number of rotatable bonds is 3. The molecule has 2 aromatic rings. The van der Waals surface area contributed by atoms with E-state index in [0.717, 1.165) is 16.9 Å². The summed E-state index contributed by atoms with van der Waals surface area (Å²) in [6.45, 7) is 2.00. The number of nitrogens with zero attached hydrogens (tertiary/aromatic N) is 2. The smallest absolute Gasteiger partial charge is 0.165 e. The molecule has 0 saturated heterocycles. The molecule has 1 aromatic heterocycles. The van der Waals surface area contributed by atoms with Crippen molar-refractivity contribution in [2.75, 3.05) is 0 Å². The summed E-state index contributed by atoms with van der Waals surface area (Å²) in [5, 5.41) is 13.0. The lowest BCUT2D eigenvalue weighted by Gasteiger charge is -2.07. The molecule has 4 nitrogen and oxygen atoms in total. The van der Waals surface area contributed by atoms with Gasteiger partial charge in [0.15, 0.2) is 5.75 Å². The Morgan fingerprint density at radius 2 is 2.25 bits per heavy atom. The molecule has 0 bridgehead atoms. The zero-order valence-electron chi connectivity index (χ0n) is 9.34. The summed E-state index contributed by atoms with van der Waals surface area (Å²) in [6.07, 6.45) is 3.47. The lowest BCUT2D eigenvalue weighted by molar-refractivity contribution is 0.281. The van der Waals surface area contributed by atoms with Crippen LogP contribution in [0.2, 0.25) is 0 Å². The number of aromatic nitrogens is 2. The highest BCUT2D eigenvalue weighted by molar-refractivity contribution is 5.38. The van der Waals surface area contributed by atoms with Crippen LogP contribution in [0.5, 0.6) is 11.5 Å². The van der Waals surface area contributed by atoms with E-state index in [0.29, 0.717) is 5.75 Å². The second kappa shape index (κ2) is 4.37. The van der Waals surface area contributed by atoms with Crippen LogP contribution in [0, 0.1) is 6.92 Å². The van der Waals surface area contributed by atoms with E-state index < -0.39 is 0 Å². The monoisotopic (exact) mass is 218 g/mol. The molecule has 0 spiro atoms. The summed E-state index contributed by atoms with van der Waals surface area (Å²) in [6, 6.07) is 5.61. The van der Waals surface area contributed by atoms with Crippen molar-refractivity contribution in [1.29, 1.82) is 0 Å². The summed E-state index contributed by atoms with van der Waals surface area (Å²) in [5.74, 6) is 1.49. The highest BCUT2D eigenvalue weighted by Crippen LogP contribution is 2.25. The van der Waals surface area contributed by atoms with Gasteiger partial charge in [0.25, 0.3) is 0 Å². The molecule has 1 N–H and O–H groups in total. The third-order valence-electron chi connectivity index (χ3n) is 2.33. The number of hydrogen-bond acceptors (Lipinski definition) is 3. The summed E-state index contributed by atoms with van der Waals surface area (Å²) < 4.78 is 7.35. The minimum atomic E-state index is 0.0496. The van der Waals surface area contributed by atoms with Crippen LogP contribution in [0.25, 0.3) is 0 Å². The fraction of sp³-hybridized carbons (Fsp3) is 0.250. The lowest BCUT2D eigenvalue weighted by atomic mass is 10.1. The number of aryl methyl sites for hydroxylation is 2. The maximum Gasteiger partial charge on any atom is 0.165 e. The van der Waals surface area contributed by atoms with Crippen molar-refractivity contribution in [3.05, 3.63) is 41.7 Å². The molecular formula is C12H14N2O2. The van der Waals surface area contributed by atoms with Crippen molar-refractivity contribution >= 4 is 0 Å². The van der Waals surface area contributed by atoms with Crippen molar-refractivity contribution in [2.45, 2.75) is 13.5 Å². The summed E-state index contributed by atoms with van der Waals surface area (Å²) in [5.41, 5.74) is 1.88. The highest BCUT2D eigenvalue weighted by atomic mass is 16.5. The Morgan fingerprint density at radius 3 is 2.81 bits per heavy atom. The van der Waals surface area contributed by atoms with Crippen LogP contribution in [0.15, 0.2) is 30.6 Å². The van der Waals surface area contributed by atoms with Gasteiger partial charge in [0.2, 0.25) is 0 Å². The molecular weight excluding hydrogens is 204 g/mol. The Kier molecular flexibility index (Phi) is 2.92. The molecule has 0 radical (unpaired) electrons. The zero-order valence-corrected chi connectivity index (χ0v) is 9.34. The van der Waals surface area contributed by atoms with Crippen LogP contribution in [0.4, 0.5) is 0 Å².